The SMILES string of the molecule is N#Cc1c(N2CCC(Nc3ccncn3)C2)cccc1C(F)(F)F. The van der Waals surface area contributed by atoms with Gasteiger partial charge in [0.15, 0.2) is 0 Å². The van der Waals surface area contributed by atoms with Crippen molar-refractivity contribution in [2.45, 2.75) is 18.6 Å². The molecule has 1 unspecified atom stereocenters. The molecule has 0 saturated carbocycles. The Morgan fingerprint density at radius 1 is 1.29 bits per heavy atom. The molecule has 1 aromatic carbocycles. The fraction of sp³-hybridized carbons (Fsp3) is 0.312. The molecule has 1 atom stereocenters. The van der Waals surface area contributed by atoms with E-state index in [1.807, 2.05) is 0 Å². The fourth-order valence-corrected chi connectivity index (χ4v) is 2.84. The second-order valence-electron chi connectivity index (χ2n) is 5.48. The summed E-state index contributed by atoms with van der Waals surface area (Å²) in [7, 11) is 0. The number of halogens is 3. The Labute approximate surface area is 136 Å². The smallest absolute Gasteiger partial charge is 0.368 e. The standard InChI is InChI=1S/C16H14F3N5/c17-16(18,19)13-2-1-3-14(12(13)8-20)24-7-5-11(9-24)23-15-4-6-21-10-22-15/h1-4,6,10-11H,5,7,9H2,(H,21,22,23). The van der Waals surface area contributed by atoms with Gasteiger partial charge in [-0.25, -0.2) is 9.97 Å². The van der Waals surface area contributed by atoms with Gasteiger partial charge in [-0.3, -0.25) is 0 Å². The molecule has 124 valence electrons. The normalized spacial score (nSPS) is 17.6. The lowest BCUT2D eigenvalue weighted by molar-refractivity contribution is -0.137. The lowest BCUT2D eigenvalue weighted by Gasteiger charge is -2.22. The monoisotopic (exact) mass is 333 g/mol. The number of benzene rings is 1. The van der Waals surface area contributed by atoms with Crippen LogP contribution >= 0.6 is 0 Å². The highest BCUT2D eigenvalue weighted by molar-refractivity contribution is 5.64. The molecule has 0 radical (unpaired) electrons. The van der Waals surface area contributed by atoms with E-state index < -0.39 is 11.7 Å². The van der Waals surface area contributed by atoms with E-state index in [4.69, 9.17) is 0 Å². The Balaban J connectivity index is 1.80. The Kier molecular flexibility index (Phi) is 4.25. The van der Waals surface area contributed by atoms with Crippen molar-refractivity contribution in [3.05, 3.63) is 47.9 Å². The zero-order chi connectivity index (χ0) is 17.2. The second-order valence-corrected chi connectivity index (χ2v) is 5.48. The maximum Gasteiger partial charge on any atom is 0.417 e. The molecule has 1 aliphatic rings. The Bertz CT molecular complexity index is 755. The van der Waals surface area contributed by atoms with Crippen molar-refractivity contribution < 1.29 is 13.2 Å². The molecule has 0 spiro atoms. The minimum absolute atomic E-state index is 0.0426. The van der Waals surface area contributed by atoms with Crippen molar-refractivity contribution in [2.75, 3.05) is 23.3 Å². The molecule has 3 rings (SSSR count). The molecule has 1 aromatic heterocycles. The van der Waals surface area contributed by atoms with Gasteiger partial charge in [-0.1, -0.05) is 6.07 Å². The molecule has 0 amide bonds. The summed E-state index contributed by atoms with van der Waals surface area (Å²) in [5, 5.41) is 12.4. The third-order valence-electron chi connectivity index (χ3n) is 3.92. The summed E-state index contributed by atoms with van der Waals surface area (Å²) in [6, 6.07) is 7.31. The summed E-state index contributed by atoms with van der Waals surface area (Å²) in [4.78, 5) is 9.71. The number of nitrogens with zero attached hydrogens (tertiary/aromatic N) is 4. The molecule has 2 aromatic rings. The van der Waals surface area contributed by atoms with E-state index in [0.717, 1.165) is 12.5 Å². The number of anilines is 2. The third kappa shape index (κ3) is 3.25. The number of nitrogens with one attached hydrogen (secondary N) is 1. The summed E-state index contributed by atoms with van der Waals surface area (Å²) < 4.78 is 39.2. The van der Waals surface area contributed by atoms with Gasteiger partial charge in [-0.15, -0.1) is 0 Å². The first kappa shape index (κ1) is 16.1. The van der Waals surface area contributed by atoms with Crippen LogP contribution in [0.5, 0.6) is 0 Å². The van der Waals surface area contributed by atoms with Crippen LogP contribution in [0.4, 0.5) is 24.7 Å². The van der Waals surface area contributed by atoms with Gasteiger partial charge in [0.25, 0.3) is 0 Å². The van der Waals surface area contributed by atoms with Gasteiger partial charge in [-0.05, 0) is 24.6 Å². The van der Waals surface area contributed by atoms with E-state index in [1.54, 1.807) is 29.3 Å². The summed E-state index contributed by atoms with van der Waals surface area (Å²) in [5.74, 6) is 0.668. The van der Waals surface area contributed by atoms with Crippen LogP contribution in [0, 0.1) is 11.3 Å². The van der Waals surface area contributed by atoms with Gasteiger partial charge in [0.2, 0.25) is 0 Å². The first-order valence-electron chi connectivity index (χ1n) is 7.37. The van der Waals surface area contributed by atoms with Crippen molar-refractivity contribution in [3.63, 3.8) is 0 Å². The highest BCUT2D eigenvalue weighted by Crippen LogP contribution is 2.36. The van der Waals surface area contributed by atoms with E-state index in [-0.39, 0.29) is 11.6 Å². The summed E-state index contributed by atoms with van der Waals surface area (Å²) in [6.07, 6.45) is -0.761. The Morgan fingerprint density at radius 3 is 2.79 bits per heavy atom. The van der Waals surface area contributed by atoms with Crippen molar-refractivity contribution in [2.24, 2.45) is 0 Å². The quantitative estimate of drug-likeness (QED) is 0.935. The number of nitriles is 1. The van der Waals surface area contributed by atoms with Gasteiger partial charge < -0.3 is 10.2 Å². The molecule has 24 heavy (non-hydrogen) atoms. The first-order chi connectivity index (χ1) is 11.5. The van der Waals surface area contributed by atoms with E-state index in [1.165, 1.54) is 12.4 Å². The molecule has 0 bridgehead atoms. The number of rotatable bonds is 3. The lowest BCUT2D eigenvalue weighted by Crippen LogP contribution is -2.27. The maximum atomic E-state index is 13.1. The summed E-state index contributed by atoms with van der Waals surface area (Å²) in [6.45, 7) is 1.07. The summed E-state index contributed by atoms with van der Waals surface area (Å²) in [5.41, 5.74) is -0.901. The van der Waals surface area contributed by atoms with Crippen LogP contribution in [0.3, 0.4) is 0 Å². The van der Waals surface area contributed by atoms with Crippen LogP contribution in [-0.4, -0.2) is 29.1 Å². The van der Waals surface area contributed by atoms with Crippen molar-refractivity contribution in [1.29, 1.82) is 5.26 Å². The third-order valence-corrected chi connectivity index (χ3v) is 3.92. The number of aromatic nitrogens is 2. The molecule has 5 nitrogen and oxygen atoms in total. The molecule has 0 aliphatic carbocycles. The maximum absolute atomic E-state index is 13.1. The molecular weight excluding hydrogens is 319 g/mol. The average Bonchev–Trinajstić information content (AvgIpc) is 3.02. The number of hydrogen-bond donors (Lipinski definition) is 1. The van der Waals surface area contributed by atoms with Gasteiger partial charge >= 0.3 is 6.18 Å². The van der Waals surface area contributed by atoms with Gasteiger partial charge in [0.05, 0.1) is 16.8 Å². The lowest BCUT2D eigenvalue weighted by atomic mass is 10.1. The topological polar surface area (TPSA) is 64.8 Å². The predicted molar refractivity (Wildman–Crippen MR) is 82.4 cm³/mol. The molecular formula is C16H14F3N5. The van der Waals surface area contributed by atoms with E-state index in [9.17, 15) is 18.4 Å². The predicted octanol–water partition coefficient (Wildman–Crippen LogP) is 3.06. The molecule has 2 heterocycles. The largest absolute Gasteiger partial charge is 0.417 e. The van der Waals surface area contributed by atoms with Crippen molar-refractivity contribution >= 4 is 11.5 Å². The zero-order valence-corrected chi connectivity index (χ0v) is 12.6. The van der Waals surface area contributed by atoms with Gasteiger partial charge in [-0.2, -0.15) is 18.4 Å². The Hall–Kier alpha value is -2.82. The van der Waals surface area contributed by atoms with E-state index in [2.05, 4.69) is 15.3 Å². The van der Waals surface area contributed by atoms with Crippen LogP contribution in [0.2, 0.25) is 0 Å². The summed E-state index contributed by atoms with van der Waals surface area (Å²) >= 11 is 0. The molecule has 1 N–H and O–H groups in total. The zero-order valence-electron chi connectivity index (χ0n) is 12.6. The van der Waals surface area contributed by atoms with E-state index >= 15 is 0 Å². The minimum Gasteiger partial charge on any atom is -0.368 e. The number of alkyl halides is 3. The average molecular weight is 333 g/mol. The second kappa shape index (κ2) is 6.35. The van der Waals surface area contributed by atoms with Crippen molar-refractivity contribution in [1.82, 2.24) is 9.97 Å². The highest BCUT2D eigenvalue weighted by atomic mass is 19.4. The fourth-order valence-electron chi connectivity index (χ4n) is 2.84. The van der Waals surface area contributed by atoms with Crippen LogP contribution in [0.25, 0.3) is 0 Å². The Morgan fingerprint density at radius 2 is 2.12 bits per heavy atom. The van der Waals surface area contributed by atoms with Crippen LogP contribution in [0.1, 0.15) is 17.5 Å². The van der Waals surface area contributed by atoms with Gasteiger partial charge in [0.1, 0.15) is 18.2 Å². The minimum atomic E-state index is -4.54. The molecule has 8 heteroatoms. The van der Waals surface area contributed by atoms with Gasteiger partial charge in [0, 0.05) is 25.3 Å². The van der Waals surface area contributed by atoms with Crippen LogP contribution < -0.4 is 10.2 Å². The molecule has 1 fully saturated rings. The van der Waals surface area contributed by atoms with E-state index in [0.29, 0.717) is 24.6 Å². The first-order valence-corrected chi connectivity index (χ1v) is 7.37. The van der Waals surface area contributed by atoms with Crippen molar-refractivity contribution in [3.8, 4) is 6.07 Å². The number of hydrogen-bond acceptors (Lipinski definition) is 5. The van der Waals surface area contributed by atoms with Crippen LogP contribution in [0.15, 0.2) is 36.8 Å². The van der Waals surface area contributed by atoms with Crippen LogP contribution in [-0.2, 0) is 6.18 Å². The molecule has 1 aliphatic heterocycles. The highest BCUT2D eigenvalue weighted by Gasteiger charge is 2.36. The molecule has 1 saturated heterocycles.